The maximum Gasteiger partial charge on any atom is 0.243 e. The third kappa shape index (κ3) is 5.22. The largest absolute Gasteiger partial charge is 0.349 e. The summed E-state index contributed by atoms with van der Waals surface area (Å²) < 4.78 is 0.687. The minimum atomic E-state index is -0.407. The highest BCUT2D eigenvalue weighted by atomic mass is 35.5. The van der Waals surface area contributed by atoms with Crippen molar-refractivity contribution in [1.82, 2.24) is 10.6 Å². The SMILES string of the molecule is C=CC(=O)NC(CC(=O)NC(C)c1ccc(Cl)s1)c1ccccc1. The second-order valence-corrected chi connectivity index (χ2v) is 7.06. The number of hydrogen-bond acceptors (Lipinski definition) is 3. The number of hydrogen-bond donors (Lipinski definition) is 2. The van der Waals surface area contributed by atoms with Gasteiger partial charge in [0, 0.05) is 4.88 Å². The molecule has 2 atom stereocenters. The third-order valence-corrected chi connectivity index (χ3v) is 4.91. The Hall–Kier alpha value is -2.11. The number of benzene rings is 1. The maximum atomic E-state index is 12.4. The van der Waals surface area contributed by atoms with E-state index in [2.05, 4.69) is 17.2 Å². The van der Waals surface area contributed by atoms with Crippen molar-refractivity contribution in [2.24, 2.45) is 0 Å². The number of carbonyl (C=O) groups excluding carboxylic acids is 2. The molecule has 1 heterocycles. The molecule has 2 aromatic rings. The Balaban J connectivity index is 2.03. The number of carbonyl (C=O) groups is 2. The van der Waals surface area contributed by atoms with Crippen LogP contribution in [0.4, 0.5) is 0 Å². The predicted molar refractivity (Wildman–Crippen MR) is 98.0 cm³/mol. The monoisotopic (exact) mass is 362 g/mol. The van der Waals surface area contributed by atoms with Gasteiger partial charge in [-0.25, -0.2) is 0 Å². The normalized spacial score (nSPS) is 12.9. The van der Waals surface area contributed by atoms with Gasteiger partial charge in [0.2, 0.25) is 11.8 Å². The van der Waals surface area contributed by atoms with Gasteiger partial charge < -0.3 is 10.6 Å². The zero-order chi connectivity index (χ0) is 17.5. The van der Waals surface area contributed by atoms with E-state index in [4.69, 9.17) is 11.6 Å². The van der Waals surface area contributed by atoms with Crippen molar-refractivity contribution >= 4 is 34.8 Å². The smallest absolute Gasteiger partial charge is 0.243 e. The van der Waals surface area contributed by atoms with Crippen LogP contribution in [-0.4, -0.2) is 11.8 Å². The predicted octanol–water partition coefficient (Wildman–Crippen LogP) is 4.01. The van der Waals surface area contributed by atoms with Gasteiger partial charge in [-0.15, -0.1) is 11.3 Å². The molecule has 1 aromatic heterocycles. The lowest BCUT2D eigenvalue weighted by atomic mass is 10.0. The highest BCUT2D eigenvalue weighted by Crippen LogP contribution is 2.27. The summed E-state index contributed by atoms with van der Waals surface area (Å²) in [6.07, 6.45) is 1.34. The Morgan fingerprint density at radius 3 is 2.50 bits per heavy atom. The van der Waals surface area contributed by atoms with Gasteiger partial charge in [-0.2, -0.15) is 0 Å². The summed E-state index contributed by atoms with van der Waals surface area (Å²) in [5.74, 6) is -0.458. The van der Waals surface area contributed by atoms with Gasteiger partial charge in [0.05, 0.1) is 22.8 Å². The van der Waals surface area contributed by atoms with Gasteiger partial charge in [0.25, 0.3) is 0 Å². The Morgan fingerprint density at radius 2 is 1.92 bits per heavy atom. The summed E-state index contributed by atoms with van der Waals surface area (Å²) in [4.78, 5) is 25.0. The van der Waals surface area contributed by atoms with Gasteiger partial charge in [-0.05, 0) is 30.7 Å². The molecule has 0 fully saturated rings. The summed E-state index contributed by atoms with van der Waals surface area (Å²) >= 11 is 7.36. The first-order valence-corrected chi connectivity index (χ1v) is 8.71. The van der Waals surface area contributed by atoms with Crippen LogP contribution in [0.5, 0.6) is 0 Å². The molecule has 0 saturated carbocycles. The van der Waals surface area contributed by atoms with Crippen LogP contribution in [0.25, 0.3) is 0 Å². The fourth-order valence-electron chi connectivity index (χ4n) is 2.29. The summed E-state index contributed by atoms with van der Waals surface area (Å²) in [6.45, 7) is 5.36. The lowest BCUT2D eigenvalue weighted by Crippen LogP contribution is -2.33. The highest BCUT2D eigenvalue weighted by Gasteiger charge is 2.19. The molecule has 0 bridgehead atoms. The number of thiophene rings is 1. The van der Waals surface area contributed by atoms with Crippen molar-refractivity contribution in [3.8, 4) is 0 Å². The second kappa shape index (κ2) is 8.66. The molecule has 0 aliphatic rings. The Bertz CT molecular complexity index is 715. The van der Waals surface area contributed by atoms with E-state index in [9.17, 15) is 9.59 Å². The van der Waals surface area contributed by atoms with Gasteiger partial charge in [0.1, 0.15) is 0 Å². The zero-order valence-corrected chi connectivity index (χ0v) is 14.9. The Morgan fingerprint density at radius 1 is 1.21 bits per heavy atom. The van der Waals surface area contributed by atoms with E-state index in [1.807, 2.05) is 43.3 Å². The number of nitrogens with one attached hydrogen (secondary N) is 2. The van der Waals surface area contributed by atoms with E-state index in [1.165, 1.54) is 17.4 Å². The van der Waals surface area contributed by atoms with Crippen LogP contribution >= 0.6 is 22.9 Å². The van der Waals surface area contributed by atoms with Crippen LogP contribution < -0.4 is 10.6 Å². The highest BCUT2D eigenvalue weighted by molar-refractivity contribution is 7.16. The van der Waals surface area contributed by atoms with Gasteiger partial charge in [-0.3, -0.25) is 9.59 Å². The van der Waals surface area contributed by atoms with Crippen LogP contribution in [0.15, 0.2) is 55.1 Å². The molecule has 0 aliphatic carbocycles. The number of amides is 2. The molecule has 0 radical (unpaired) electrons. The molecular weight excluding hydrogens is 344 g/mol. The quantitative estimate of drug-likeness (QED) is 0.731. The van der Waals surface area contributed by atoms with E-state index < -0.39 is 6.04 Å². The average Bonchev–Trinajstić information content (AvgIpc) is 3.01. The number of rotatable bonds is 7. The lowest BCUT2D eigenvalue weighted by Gasteiger charge is -2.19. The summed E-state index contributed by atoms with van der Waals surface area (Å²) in [5.41, 5.74) is 0.870. The first-order valence-electron chi connectivity index (χ1n) is 7.52. The molecular formula is C18H19ClN2O2S. The van der Waals surface area contributed by atoms with Crippen LogP contribution in [0.2, 0.25) is 4.34 Å². The fraction of sp³-hybridized carbons (Fsp3) is 0.222. The van der Waals surface area contributed by atoms with E-state index >= 15 is 0 Å². The summed E-state index contributed by atoms with van der Waals surface area (Å²) in [7, 11) is 0. The van der Waals surface area contributed by atoms with E-state index in [-0.39, 0.29) is 24.3 Å². The lowest BCUT2D eigenvalue weighted by molar-refractivity contribution is -0.122. The van der Waals surface area contributed by atoms with E-state index in [0.717, 1.165) is 10.4 Å². The first kappa shape index (κ1) is 18.2. The zero-order valence-electron chi connectivity index (χ0n) is 13.3. The third-order valence-electron chi connectivity index (χ3n) is 3.49. The van der Waals surface area contributed by atoms with Crippen LogP contribution in [0.3, 0.4) is 0 Å². The van der Waals surface area contributed by atoms with Crippen molar-refractivity contribution < 1.29 is 9.59 Å². The first-order chi connectivity index (χ1) is 11.5. The molecule has 0 aliphatic heterocycles. The van der Waals surface area contributed by atoms with Crippen molar-refractivity contribution in [2.45, 2.75) is 25.4 Å². The van der Waals surface area contributed by atoms with Crippen LogP contribution in [0, 0.1) is 0 Å². The molecule has 1 aromatic carbocycles. The molecule has 6 heteroatoms. The molecule has 2 N–H and O–H groups in total. The summed E-state index contributed by atoms with van der Waals surface area (Å²) in [6, 6.07) is 12.5. The molecule has 24 heavy (non-hydrogen) atoms. The van der Waals surface area contributed by atoms with Gasteiger partial charge in [0.15, 0.2) is 0 Å². The standard InChI is InChI=1S/C18H19ClN2O2S/c1-3-17(22)21-14(13-7-5-4-6-8-13)11-18(23)20-12(2)15-9-10-16(19)24-15/h3-10,12,14H,1,11H2,2H3,(H,20,23)(H,21,22). The molecule has 2 unspecified atom stereocenters. The topological polar surface area (TPSA) is 58.2 Å². The number of halogens is 1. The molecule has 0 saturated heterocycles. The Labute approximate surface area is 150 Å². The maximum absolute atomic E-state index is 12.4. The minimum absolute atomic E-state index is 0.137. The molecule has 4 nitrogen and oxygen atoms in total. The van der Waals surface area contributed by atoms with Crippen LogP contribution in [-0.2, 0) is 9.59 Å². The summed E-state index contributed by atoms with van der Waals surface area (Å²) in [5, 5.41) is 5.73. The average molecular weight is 363 g/mol. The van der Waals surface area contributed by atoms with Crippen molar-refractivity contribution in [3.63, 3.8) is 0 Å². The van der Waals surface area contributed by atoms with E-state index in [0.29, 0.717) is 4.34 Å². The molecule has 2 amide bonds. The van der Waals surface area contributed by atoms with Crippen LogP contribution in [0.1, 0.15) is 35.9 Å². The van der Waals surface area contributed by atoms with Crippen molar-refractivity contribution in [3.05, 3.63) is 69.9 Å². The Kier molecular flexibility index (Phi) is 6.58. The van der Waals surface area contributed by atoms with Crippen molar-refractivity contribution in [2.75, 3.05) is 0 Å². The fourth-order valence-corrected chi connectivity index (χ4v) is 3.35. The van der Waals surface area contributed by atoms with Gasteiger partial charge >= 0.3 is 0 Å². The minimum Gasteiger partial charge on any atom is -0.349 e. The van der Waals surface area contributed by atoms with Gasteiger partial charge in [-0.1, -0.05) is 48.5 Å². The molecule has 0 spiro atoms. The molecule has 126 valence electrons. The van der Waals surface area contributed by atoms with E-state index in [1.54, 1.807) is 6.07 Å². The molecule has 2 rings (SSSR count). The second-order valence-electron chi connectivity index (χ2n) is 5.31. The van der Waals surface area contributed by atoms with Crippen molar-refractivity contribution in [1.29, 1.82) is 0 Å².